The molecule has 0 saturated carbocycles. The van der Waals surface area contributed by atoms with Gasteiger partial charge in [0.15, 0.2) is 0 Å². The molecular weight excluding hydrogens is 444 g/mol. The molecule has 1 aromatic heterocycles. The Morgan fingerprint density at radius 2 is 1.69 bits per heavy atom. The smallest absolute Gasteiger partial charge is 0.326 e. The Kier molecular flexibility index (Phi) is 10.6. The molecule has 32 heavy (non-hydrogen) atoms. The van der Waals surface area contributed by atoms with Crippen molar-refractivity contribution < 1.29 is 34.2 Å². The number of nitrogens with zero attached hydrogens (tertiary/aromatic N) is 1. The number of nitrogens with two attached hydrogens (primary N) is 1. The van der Waals surface area contributed by atoms with Gasteiger partial charge < -0.3 is 36.9 Å². The number of carbonyl (C=O) groups excluding carboxylic acids is 3. The third kappa shape index (κ3) is 8.55. The number of H-pyrrole nitrogens is 1. The number of carbonyl (C=O) groups is 5. The van der Waals surface area contributed by atoms with Crippen molar-refractivity contribution in [1.29, 1.82) is 0 Å². The molecule has 178 valence electrons. The zero-order chi connectivity index (χ0) is 24.4. The van der Waals surface area contributed by atoms with Crippen molar-refractivity contribution in [3.63, 3.8) is 0 Å². The van der Waals surface area contributed by atoms with Gasteiger partial charge in [-0.05, 0) is 5.92 Å². The molecule has 3 amide bonds. The van der Waals surface area contributed by atoms with Crippen LogP contribution in [0.3, 0.4) is 0 Å². The topological polar surface area (TPSA) is 217 Å². The third-order valence-corrected chi connectivity index (χ3v) is 4.75. The summed E-state index contributed by atoms with van der Waals surface area (Å²) in [7, 11) is 0. The van der Waals surface area contributed by atoms with Crippen LogP contribution in [0.2, 0.25) is 0 Å². The lowest BCUT2D eigenvalue weighted by Crippen LogP contribution is -2.59. The van der Waals surface area contributed by atoms with E-state index in [1.807, 2.05) is 0 Å². The Morgan fingerprint density at radius 1 is 1.06 bits per heavy atom. The molecule has 0 radical (unpaired) electrons. The van der Waals surface area contributed by atoms with E-state index in [1.54, 1.807) is 13.8 Å². The van der Waals surface area contributed by atoms with E-state index in [0.29, 0.717) is 5.69 Å². The van der Waals surface area contributed by atoms with Gasteiger partial charge in [-0.3, -0.25) is 19.2 Å². The summed E-state index contributed by atoms with van der Waals surface area (Å²) in [4.78, 5) is 66.1. The fraction of sp³-hybridized carbons (Fsp3) is 0.556. The molecule has 0 saturated heterocycles. The van der Waals surface area contributed by atoms with Gasteiger partial charge in [0, 0.05) is 24.1 Å². The number of carboxylic acid groups (broad SMARTS) is 2. The SMILES string of the molecule is CC(C)C(NC(=O)C(N)CC(=O)O)C(=O)NC(CS)C(=O)NC(Cc1cnc[nH]1)C(=O)O. The maximum absolute atomic E-state index is 12.7. The minimum Gasteiger partial charge on any atom is -0.481 e. The second kappa shape index (κ2) is 12.7. The molecule has 8 N–H and O–H groups in total. The van der Waals surface area contributed by atoms with Gasteiger partial charge in [0.05, 0.1) is 18.8 Å². The van der Waals surface area contributed by atoms with Crippen LogP contribution in [0, 0.1) is 5.92 Å². The third-order valence-electron chi connectivity index (χ3n) is 4.39. The van der Waals surface area contributed by atoms with Gasteiger partial charge in [-0.25, -0.2) is 9.78 Å². The zero-order valence-corrected chi connectivity index (χ0v) is 18.5. The van der Waals surface area contributed by atoms with E-state index < -0.39 is 66.2 Å². The fourth-order valence-corrected chi connectivity index (χ4v) is 2.88. The quantitative estimate of drug-likeness (QED) is 0.147. The summed E-state index contributed by atoms with van der Waals surface area (Å²) in [5.74, 6) is -5.47. The molecule has 0 aliphatic heterocycles. The summed E-state index contributed by atoms with van der Waals surface area (Å²) >= 11 is 4.04. The number of aliphatic carboxylic acids is 2. The normalized spacial score (nSPS) is 14.7. The molecule has 0 aliphatic carbocycles. The molecule has 14 heteroatoms. The van der Waals surface area contributed by atoms with Crippen LogP contribution in [0.4, 0.5) is 0 Å². The first-order valence-electron chi connectivity index (χ1n) is 9.65. The number of imidazole rings is 1. The molecule has 4 atom stereocenters. The molecule has 0 fully saturated rings. The first-order valence-corrected chi connectivity index (χ1v) is 10.3. The second-order valence-corrected chi connectivity index (χ2v) is 7.72. The van der Waals surface area contributed by atoms with Gasteiger partial charge in [-0.1, -0.05) is 13.8 Å². The highest BCUT2D eigenvalue weighted by Crippen LogP contribution is 2.05. The van der Waals surface area contributed by atoms with Crippen molar-refractivity contribution in [2.45, 2.75) is 50.9 Å². The van der Waals surface area contributed by atoms with Crippen molar-refractivity contribution in [2.75, 3.05) is 5.75 Å². The lowest BCUT2D eigenvalue weighted by atomic mass is 10.0. The molecule has 1 aromatic rings. The van der Waals surface area contributed by atoms with Crippen molar-refractivity contribution in [2.24, 2.45) is 11.7 Å². The number of amides is 3. The predicted molar refractivity (Wildman–Crippen MR) is 115 cm³/mol. The molecule has 0 aliphatic rings. The lowest BCUT2D eigenvalue weighted by Gasteiger charge is -2.26. The van der Waals surface area contributed by atoms with Gasteiger partial charge in [0.25, 0.3) is 0 Å². The van der Waals surface area contributed by atoms with Crippen molar-refractivity contribution >= 4 is 42.3 Å². The minimum atomic E-state index is -1.36. The Morgan fingerprint density at radius 3 is 2.16 bits per heavy atom. The van der Waals surface area contributed by atoms with Crippen molar-refractivity contribution in [3.05, 3.63) is 18.2 Å². The van der Waals surface area contributed by atoms with Crippen LogP contribution >= 0.6 is 12.6 Å². The maximum atomic E-state index is 12.7. The summed E-state index contributed by atoms with van der Waals surface area (Å²) in [5, 5.41) is 25.3. The van der Waals surface area contributed by atoms with Crippen molar-refractivity contribution in [1.82, 2.24) is 25.9 Å². The van der Waals surface area contributed by atoms with Crippen LogP contribution in [0.1, 0.15) is 26.0 Å². The molecule has 4 unspecified atom stereocenters. The number of aromatic nitrogens is 2. The van der Waals surface area contributed by atoms with E-state index in [4.69, 9.17) is 10.8 Å². The summed E-state index contributed by atoms with van der Waals surface area (Å²) in [6.07, 6.45) is 2.12. The van der Waals surface area contributed by atoms with Crippen molar-refractivity contribution in [3.8, 4) is 0 Å². The van der Waals surface area contributed by atoms with E-state index in [-0.39, 0.29) is 12.2 Å². The van der Waals surface area contributed by atoms with E-state index in [2.05, 4.69) is 38.5 Å². The van der Waals surface area contributed by atoms with Gasteiger partial charge in [0.1, 0.15) is 18.1 Å². The number of carboxylic acids is 2. The molecular formula is C18H28N6O7S. The number of hydrogen-bond acceptors (Lipinski definition) is 8. The molecule has 1 rings (SSSR count). The largest absolute Gasteiger partial charge is 0.481 e. The van der Waals surface area contributed by atoms with E-state index in [1.165, 1.54) is 12.5 Å². The number of nitrogens with one attached hydrogen (secondary N) is 4. The van der Waals surface area contributed by atoms with Crippen LogP contribution in [0.25, 0.3) is 0 Å². The molecule has 0 bridgehead atoms. The van der Waals surface area contributed by atoms with Crippen LogP contribution in [0.15, 0.2) is 12.5 Å². The van der Waals surface area contributed by atoms with Crippen LogP contribution in [-0.4, -0.2) is 79.8 Å². The first-order chi connectivity index (χ1) is 15.0. The highest BCUT2D eigenvalue weighted by atomic mass is 32.1. The standard InChI is InChI=1S/C18H28N6O7S/c1-8(2)14(24-15(27)10(19)4-13(25)26)17(29)23-12(6-32)16(28)22-11(18(30)31)3-9-5-20-7-21-9/h5,7-8,10-12,14,32H,3-4,6,19H2,1-2H3,(H,20,21)(H,22,28)(H,23,29)(H,24,27)(H,25,26)(H,30,31). The Balaban J connectivity index is 2.81. The Hall–Kier alpha value is -3.13. The fourth-order valence-electron chi connectivity index (χ4n) is 2.62. The van der Waals surface area contributed by atoms with Crippen LogP contribution in [-0.2, 0) is 30.4 Å². The average Bonchev–Trinajstić information content (AvgIpc) is 3.21. The molecule has 13 nitrogen and oxygen atoms in total. The second-order valence-electron chi connectivity index (χ2n) is 7.36. The van der Waals surface area contributed by atoms with Crippen LogP contribution in [0.5, 0.6) is 0 Å². The monoisotopic (exact) mass is 472 g/mol. The summed E-state index contributed by atoms with van der Waals surface area (Å²) in [5.41, 5.74) is 6.01. The maximum Gasteiger partial charge on any atom is 0.326 e. The number of hydrogen-bond donors (Lipinski definition) is 8. The molecule has 0 spiro atoms. The number of thiol groups is 1. The minimum absolute atomic E-state index is 0.0551. The Labute approximate surface area is 189 Å². The first kappa shape index (κ1) is 26.9. The number of aromatic amines is 1. The highest BCUT2D eigenvalue weighted by molar-refractivity contribution is 7.80. The van der Waals surface area contributed by atoms with E-state index in [9.17, 15) is 29.1 Å². The summed E-state index contributed by atoms with van der Waals surface area (Å²) in [6.45, 7) is 3.27. The van der Waals surface area contributed by atoms with Gasteiger partial charge in [0.2, 0.25) is 17.7 Å². The van der Waals surface area contributed by atoms with Crippen LogP contribution < -0.4 is 21.7 Å². The number of rotatable bonds is 13. The van der Waals surface area contributed by atoms with Gasteiger partial charge in [-0.2, -0.15) is 12.6 Å². The molecule has 0 aromatic carbocycles. The van der Waals surface area contributed by atoms with Gasteiger partial charge in [-0.15, -0.1) is 0 Å². The molecule has 1 heterocycles. The summed E-state index contributed by atoms with van der Waals surface area (Å²) in [6, 6.07) is -4.95. The van der Waals surface area contributed by atoms with E-state index >= 15 is 0 Å². The summed E-state index contributed by atoms with van der Waals surface area (Å²) < 4.78 is 0. The predicted octanol–water partition coefficient (Wildman–Crippen LogP) is -2.12. The van der Waals surface area contributed by atoms with E-state index in [0.717, 1.165) is 0 Å². The Bertz CT molecular complexity index is 817. The van der Waals surface area contributed by atoms with Gasteiger partial charge >= 0.3 is 11.9 Å². The highest BCUT2D eigenvalue weighted by Gasteiger charge is 2.31. The lowest BCUT2D eigenvalue weighted by molar-refractivity contribution is -0.142. The zero-order valence-electron chi connectivity index (χ0n) is 17.6. The average molecular weight is 473 g/mol.